The second kappa shape index (κ2) is 7.55. The molecule has 1 aliphatic carbocycles. The predicted molar refractivity (Wildman–Crippen MR) is 118 cm³/mol. The average Bonchev–Trinajstić information content (AvgIpc) is 2.70. The molecule has 2 aromatic rings. The molecule has 0 spiro atoms. The van der Waals surface area contributed by atoms with E-state index in [1.807, 2.05) is 26.0 Å². The summed E-state index contributed by atoms with van der Waals surface area (Å²) in [5.74, 6) is -0.597. The van der Waals surface area contributed by atoms with E-state index < -0.39 is 23.7 Å². The number of fused-ring (bicyclic) bond motifs is 2. The van der Waals surface area contributed by atoms with E-state index in [0.717, 1.165) is 0 Å². The van der Waals surface area contributed by atoms with E-state index in [-0.39, 0.29) is 39.6 Å². The van der Waals surface area contributed by atoms with E-state index >= 15 is 0 Å². The van der Waals surface area contributed by atoms with Gasteiger partial charge < -0.3 is 24.5 Å². The minimum atomic E-state index is -0.844. The molecular formula is C25H26O6. The molecule has 31 heavy (non-hydrogen) atoms. The van der Waals surface area contributed by atoms with Crippen LogP contribution in [0.1, 0.15) is 27.2 Å². The van der Waals surface area contributed by atoms with E-state index in [9.17, 15) is 20.1 Å². The number of ether oxygens (including phenoxy) is 1. The van der Waals surface area contributed by atoms with Crippen LogP contribution in [-0.2, 0) is 4.74 Å². The Bertz CT molecular complexity index is 1250. The van der Waals surface area contributed by atoms with Gasteiger partial charge in [0.15, 0.2) is 0 Å². The number of aromatic hydroxyl groups is 1. The maximum Gasteiger partial charge on any atom is 0.203 e. The van der Waals surface area contributed by atoms with E-state index in [1.54, 1.807) is 19.1 Å². The number of aliphatic hydroxyl groups is 2. The maximum atomic E-state index is 13.4. The fourth-order valence-electron chi connectivity index (χ4n) is 4.06. The second-order valence-corrected chi connectivity index (χ2v) is 8.73. The Kier molecular flexibility index (Phi) is 5.15. The van der Waals surface area contributed by atoms with Gasteiger partial charge >= 0.3 is 0 Å². The minimum Gasteiger partial charge on any atom is -0.511 e. The third-order valence-electron chi connectivity index (χ3n) is 5.82. The number of hydrogen-bond donors (Lipinski definition) is 3. The molecular weight excluding hydrogens is 396 g/mol. The van der Waals surface area contributed by atoms with Crippen LogP contribution in [0.25, 0.3) is 22.5 Å². The minimum absolute atomic E-state index is 0.0729. The highest BCUT2D eigenvalue weighted by molar-refractivity contribution is 5.67. The molecule has 6 heteroatoms. The maximum absolute atomic E-state index is 13.4. The molecule has 4 rings (SSSR count). The molecule has 0 saturated heterocycles. The lowest BCUT2D eigenvalue weighted by Crippen LogP contribution is -2.53. The van der Waals surface area contributed by atoms with Crippen molar-refractivity contribution in [2.45, 2.75) is 45.0 Å². The Morgan fingerprint density at radius 3 is 2.55 bits per heavy atom. The largest absolute Gasteiger partial charge is 0.511 e. The number of phenolic OH excluding ortho intramolecular Hbond substituents is 1. The smallest absolute Gasteiger partial charge is 0.203 e. The Labute approximate surface area is 179 Å². The molecule has 1 aromatic heterocycles. The summed E-state index contributed by atoms with van der Waals surface area (Å²) in [4.78, 5) is 13.4. The Balaban J connectivity index is 2.01. The molecule has 0 saturated carbocycles. The van der Waals surface area contributed by atoms with Crippen LogP contribution in [0.15, 0.2) is 64.0 Å². The van der Waals surface area contributed by atoms with Crippen LogP contribution >= 0.6 is 0 Å². The molecule has 3 unspecified atom stereocenters. The summed E-state index contributed by atoms with van der Waals surface area (Å²) in [5, 5.41) is 31.2. The predicted octanol–water partition coefficient (Wildman–Crippen LogP) is 2.52. The Morgan fingerprint density at radius 2 is 1.90 bits per heavy atom. The number of hydrogen-bond acceptors (Lipinski definition) is 6. The second-order valence-electron chi connectivity index (χ2n) is 8.73. The third-order valence-corrected chi connectivity index (χ3v) is 5.82. The summed E-state index contributed by atoms with van der Waals surface area (Å²) in [5.41, 5.74) is 1.28. The van der Waals surface area contributed by atoms with Crippen LogP contribution < -0.4 is 16.1 Å². The van der Waals surface area contributed by atoms with Crippen LogP contribution in [-0.4, -0.2) is 33.1 Å². The van der Waals surface area contributed by atoms with Gasteiger partial charge in [0, 0.05) is 12.0 Å². The molecule has 2 heterocycles. The highest BCUT2D eigenvalue weighted by atomic mass is 16.5. The topological polar surface area (TPSA) is 100 Å². The summed E-state index contributed by atoms with van der Waals surface area (Å²) in [6, 6.07) is 6.18. The molecule has 1 aliphatic heterocycles. The first-order valence-corrected chi connectivity index (χ1v) is 10.2. The van der Waals surface area contributed by atoms with E-state index in [0.29, 0.717) is 16.7 Å². The van der Waals surface area contributed by atoms with Gasteiger partial charge in [-0.15, -0.1) is 0 Å². The van der Waals surface area contributed by atoms with E-state index in [4.69, 9.17) is 9.15 Å². The van der Waals surface area contributed by atoms with Crippen molar-refractivity contribution in [1.29, 1.82) is 0 Å². The van der Waals surface area contributed by atoms with Crippen molar-refractivity contribution in [3.63, 3.8) is 0 Å². The zero-order valence-corrected chi connectivity index (χ0v) is 17.8. The average molecular weight is 422 g/mol. The normalized spacial score (nSPS) is 22.6. The summed E-state index contributed by atoms with van der Waals surface area (Å²) in [6.07, 6.45) is 3.79. The zero-order chi connectivity index (χ0) is 22.5. The van der Waals surface area contributed by atoms with Crippen molar-refractivity contribution in [2.24, 2.45) is 5.92 Å². The zero-order valence-electron chi connectivity index (χ0n) is 17.8. The fourth-order valence-corrected chi connectivity index (χ4v) is 4.06. The summed E-state index contributed by atoms with van der Waals surface area (Å²) >= 11 is 0. The molecule has 0 fully saturated rings. The molecule has 1 aromatic carbocycles. The monoisotopic (exact) mass is 422 g/mol. The van der Waals surface area contributed by atoms with E-state index in [1.165, 1.54) is 18.4 Å². The van der Waals surface area contributed by atoms with Crippen molar-refractivity contribution >= 4 is 11.3 Å². The van der Waals surface area contributed by atoms with Crippen LogP contribution in [0.5, 0.6) is 5.75 Å². The van der Waals surface area contributed by atoms with Crippen LogP contribution in [0, 0.1) is 5.92 Å². The number of aliphatic hydroxyl groups excluding tert-OH is 2. The molecule has 6 nitrogen and oxygen atoms in total. The Morgan fingerprint density at radius 1 is 1.23 bits per heavy atom. The van der Waals surface area contributed by atoms with Crippen LogP contribution in [0.4, 0.5) is 0 Å². The summed E-state index contributed by atoms with van der Waals surface area (Å²) < 4.78 is 12.1. The molecule has 0 radical (unpaired) electrons. The van der Waals surface area contributed by atoms with Crippen molar-refractivity contribution in [3.8, 4) is 16.9 Å². The van der Waals surface area contributed by atoms with Crippen LogP contribution in [0.2, 0.25) is 0 Å². The quantitative estimate of drug-likeness (QED) is 0.655. The van der Waals surface area contributed by atoms with Gasteiger partial charge in [0.2, 0.25) is 5.43 Å². The van der Waals surface area contributed by atoms with Gasteiger partial charge in [-0.3, -0.25) is 4.79 Å². The lowest BCUT2D eigenvalue weighted by molar-refractivity contribution is -0.0396. The van der Waals surface area contributed by atoms with Gasteiger partial charge in [0.05, 0.1) is 29.3 Å². The van der Waals surface area contributed by atoms with E-state index in [2.05, 4.69) is 6.58 Å². The van der Waals surface area contributed by atoms with Crippen molar-refractivity contribution < 1.29 is 24.5 Å². The molecule has 0 bridgehead atoms. The first kappa shape index (κ1) is 21.2. The van der Waals surface area contributed by atoms with Gasteiger partial charge in [-0.05, 0) is 38.5 Å². The molecule has 3 atom stereocenters. The van der Waals surface area contributed by atoms with Crippen molar-refractivity contribution in [2.75, 3.05) is 0 Å². The lowest BCUT2D eigenvalue weighted by Gasteiger charge is -2.39. The summed E-state index contributed by atoms with van der Waals surface area (Å²) in [7, 11) is 0. The number of rotatable bonds is 4. The van der Waals surface area contributed by atoms with Gasteiger partial charge in [0.25, 0.3) is 0 Å². The summed E-state index contributed by atoms with van der Waals surface area (Å²) in [6.45, 7) is 9.36. The number of phenols is 1. The van der Waals surface area contributed by atoms with Gasteiger partial charge in [-0.25, -0.2) is 0 Å². The van der Waals surface area contributed by atoms with Crippen molar-refractivity contribution in [1.82, 2.24) is 0 Å². The Hall–Kier alpha value is -3.09. The van der Waals surface area contributed by atoms with Gasteiger partial charge in [-0.1, -0.05) is 36.4 Å². The molecule has 3 N–H and O–H groups in total. The third kappa shape index (κ3) is 3.73. The highest BCUT2D eigenvalue weighted by Gasteiger charge is 2.40. The lowest BCUT2D eigenvalue weighted by atomic mass is 9.81. The standard InChI is InChI=1S/C25H26O6/c1-13(2)19(27)11-17-23-16(9-10-25(3,4)31-23)21(28)20-22(29)18(12-30-24(17)20)14-5-7-15(26)8-6-14/h5-10,12,16,19,23,26-28H,1,11H2,2-4H3. The van der Waals surface area contributed by atoms with Gasteiger partial charge in [-0.2, -0.15) is 0 Å². The fraction of sp³-hybridized carbons (Fsp3) is 0.320. The first-order chi connectivity index (χ1) is 14.6. The molecule has 2 aliphatic rings. The van der Waals surface area contributed by atoms with Gasteiger partial charge in [0.1, 0.15) is 28.4 Å². The first-order valence-electron chi connectivity index (χ1n) is 10.2. The SMILES string of the molecule is C=C(C)C(O)CC1=c2occ(-c3ccc(O)cc3)c(=O)c2=C(O)C2C=CC(C)(C)OC12. The van der Waals surface area contributed by atoms with Crippen molar-refractivity contribution in [3.05, 3.63) is 75.7 Å². The molecule has 162 valence electrons. The van der Waals surface area contributed by atoms with Crippen LogP contribution in [0.3, 0.4) is 0 Å². The highest BCUT2D eigenvalue weighted by Crippen LogP contribution is 2.36. The molecule has 0 amide bonds. The number of benzene rings is 1.